The van der Waals surface area contributed by atoms with Gasteiger partial charge in [-0.15, -0.1) is 0 Å². The number of hydrogen-bond acceptors (Lipinski definition) is 13. The van der Waals surface area contributed by atoms with Gasteiger partial charge in [0.2, 0.25) is 0 Å². The molecule has 640 valence electrons. The molecule has 16 rings (SSSR count). The third-order valence-electron chi connectivity index (χ3n) is 19.7. The van der Waals surface area contributed by atoms with E-state index in [0.717, 1.165) is 126 Å². The summed E-state index contributed by atoms with van der Waals surface area (Å²) in [5.74, 6) is 22.4. The van der Waals surface area contributed by atoms with Gasteiger partial charge in [-0.3, -0.25) is 29.4 Å². The summed E-state index contributed by atoms with van der Waals surface area (Å²) in [6.07, 6.45) is 37.2. The van der Waals surface area contributed by atoms with Gasteiger partial charge < -0.3 is 35.1 Å². The predicted molar refractivity (Wildman–Crippen MR) is 486 cm³/mol. The highest BCUT2D eigenvalue weighted by molar-refractivity contribution is 5.97. The second kappa shape index (κ2) is 45.4. The summed E-state index contributed by atoms with van der Waals surface area (Å²) in [5, 5.41) is 42.5. The zero-order chi connectivity index (χ0) is 89.1. The molecule has 8 aromatic carbocycles. The summed E-state index contributed by atoms with van der Waals surface area (Å²) in [6.45, 7) is 8.77. The fourth-order valence-electron chi connectivity index (χ4n) is 13.2. The van der Waals surface area contributed by atoms with E-state index >= 15 is 0 Å². The van der Waals surface area contributed by atoms with Crippen molar-refractivity contribution >= 4 is 23.6 Å². The van der Waals surface area contributed by atoms with Gasteiger partial charge in [-0.1, -0.05) is 95.9 Å². The van der Waals surface area contributed by atoms with E-state index in [4.69, 9.17) is 4.74 Å². The Balaban J connectivity index is 0.000000146. The van der Waals surface area contributed by atoms with Crippen molar-refractivity contribution in [3.8, 4) is 75.9 Å². The maximum atomic E-state index is 13.7. The molecule has 128 heavy (non-hydrogen) atoms. The van der Waals surface area contributed by atoms with Gasteiger partial charge in [0.15, 0.2) is 0 Å². The Labute approximate surface area is 740 Å². The zero-order valence-corrected chi connectivity index (χ0v) is 70.9. The molecule has 8 heterocycles. The highest BCUT2D eigenvalue weighted by Crippen LogP contribution is 2.28. The number of ether oxygens (including phenoxy) is 1. The highest BCUT2D eigenvalue weighted by atomic mass is 19.3. The molecule has 0 unspecified atom stereocenters. The van der Waals surface area contributed by atoms with Crippen molar-refractivity contribution in [3.05, 3.63) is 401 Å². The molecule has 0 aliphatic rings. The molecule has 0 radical (unpaired) electrons. The smallest absolute Gasteiger partial charge is 0.270 e. The third-order valence-corrected chi connectivity index (χ3v) is 19.7. The number of imidazole rings is 2. The largest absolute Gasteiger partial charge is 0.495 e. The van der Waals surface area contributed by atoms with Gasteiger partial charge in [-0.2, -0.15) is 30.6 Å². The lowest BCUT2D eigenvalue weighted by molar-refractivity contribution is 0.0174. The monoisotopic (exact) mass is 1700 g/mol. The van der Waals surface area contributed by atoms with E-state index in [-0.39, 0.29) is 29.2 Å². The minimum absolute atomic E-state index is 0.101. The number of methoxy groups -OCH3 is 1. The van der Waals surface area contributed by atoms with E-state index in [1.807, 2.05) is 188 Å². The van der Waals surface area contributed by atoms with Crippen LogP contribution in [0.2, 0.25) is 0 Å². The number of rotatable bonds is 26. The van der Waals surface area contributed by atoms with Gasteiger partial charge in [0, 0.05) is 177 Å². The summed E-state index contributed by atoms with van der Waals surface area (Å²) in [5.41, 5.74) is 15.6. The Morgan fingerprint density at radius 3 is 1.09 bits per heavy atom. The van der Waals surface area contributed by atoms with Crippen molar-refractivity contribution in [2.45, 2.75) is 78.3 Å². The number of nitrogens with zero attached hydrogens (tertiary/aromatic N) is 14. The van der Waals surface area contributed by atoms with Crippen LogP contribution in [0.25, 0.3) is 22.7 Å². The van der Waals surface area contributed by atoms with Crippen LogP contribution >= 0.6 is 0 Å². The molecule has 16 aromatic rings. The molecule has 0 aliphatic carbocycles. The number of para-hydroxylation sites is 1. The lowest BCUT2D eigenvalue weighted by Crippen LogP contribution is -2.25. The number of H-pyrrole nitrogens is 2. The normalized spacial score (nSPS) is 10.5. The summed E-state index contributed by atoms with van der Waals surface area (Å²) < 4.78 is 43.6. The van der Waals surface area contributed by atoms with E-state index in [0.29, 0.717) is 76.6 Å². The SMILES string of the molecule is CC(F)(F)c1cccc(C#Cc2cc(C(=O)NCCCn3ccnc3)ccc2-n2cccn2)c1.COc1ccccc1C#Cc1cc(C(=O)NCCCc2cn[nH]c2)ccc1-n1cccn1.Cc1cccc(C#Cc2cc(C(=O)NCCCc3cn[nH]c3)ccc2-n2cccn2)c1.Cc1cccc(C#Cc2cc(C(=O)NCCCn3ccnc3)ccc2-n2cccn2)c1. The molecule has 0 bridgehead atoms. The first-order valence-corrected chi connectivity index (χ1v) is 41.4. The number of carbonyl (C=O) groups is 4. The minimum atomic E-state index is -2.95. The summed E-state index contributed by atoms with van der Waals surface area (Å²) in [6, 6.07) is 58.6. The quantitative estimate of drug-likeness (QED) is 0.0217. The number of nitrogens with one attached hydrogen (secondary N) is 6. The fraction of sp³-hybridized carbons (Fsp3) is 0.168. The maximum Gasteiger partial charge on any atom is 0.270 e. The van der Waals surface area contributed by atoms with Crippen LogP contribution in [0.1, 0.15) is 146 Å². The van der Waals surface area contributed by atoms with Crippen molar-refractivity contribution < 1.29 is 32.7 Å². The predicted octanol–water partition coefficient (Wildman–Crippen LogP) is 15.0. The highest BCUT2D eigenvalue weighted by Gasteiger charge is 2.24. The lowest BCUT2D eigenvalue weighted by atomic mass is 10.0. The molecular formula is C101H92F2N20O5. The first kappa shape index (κ1) is 89.0. The number of amides is 4. The summed E-state index contributed by atoms with van der Waals surface area (Å²) in [7, 11) is 1.62. The molecule has 25 nitrogen and oxygen atoms in total. The average molecular weight is 1700 g/mol. The Bertz CT molecular complexity index is 6380. The molecule has 0 fully saturated rings. The van der Waals surface area contributed by atoms with Crippen LogP contribution in [0.15, 0.2) is 306 Å². The number of hydrogen-bond donors (Lipinski definition) is 6. The molecule has 0 saturated heterocycles. The van der Waals surface area contributed by atoms with Gasteiger partial charge in [-0.05, 0) is 220 Å². The molecule has 0 spiro atoms. The number of aromatic amines is 2. The van der Waals surface area contributed by atoms with Crippen LogP contribution < -0.4 is 26.0 Å². The molecule has 0 atom stereocenters. The average Bonchev–Trinajstić information content (AvgIpc) is 1.32. The molecule has 27 heteroatoms. The maximum absolute atomic E-state index is 13.7. The van der Waals surface area contributed by atoms with E-state index in [2.05, 4.69) is 119 Å². The summed E-state index contributed by atoms with van der Waals surface area (Å²) in [4.78, 5) is 58.8. The number of halogens is 2. The molecular weight excluding hydrogens is 1610 g/mol. The van der Waals surface area contributed by atoms with Gasteiger partial charge in [0.1, 0.15) is 5.75 Å². The Morgan fingerprint density at radius 1 is 0.391 bits per heavy atom. The Hall–Kier alpha value is -16.8. The number of aromatic nitrogens is 16. The van der Waals surface area contributed by atoms with E-state index < -0.39 is 5.92 Å². The number of carbonyl (C=O) groups excluding carboxylic acids is 4. The second-order valence-corrected chi connectivity index (χ2v) is 29.4. The van der Waals surface area contributed by atoms with Crippen molar-refractivity contribution in [3.63, 3.8) is 0 Å². The van der Waals surface area contributed by atoms with Gasteiger partial charge in [0.05, 0.1) is 82.7 Å². The molecule has 4 amide bonds. The zero-order valence-electron chi connectivity index (χ0n) is 70.9. The van der Waals surface area contributed by atoms with E-state index in [1.165, 1.54) is 12.1 Å². The Morgan fingerprint density at radius 2 is 0.750 bits per heavy atom. The van der Waals surface area contributed by atoms with Crippen LogP contribution in [0.3, 0.4) is 0 Å². The van der Waals surface area contributed by atoms with Crippen LogP contribution in [0.4, 0.5) is 8.78 Å². The van der Waals surface area contributed by atoms with Crippen LogP contribution in [-0.4, -0.2) is 136 Å². The first-order valence-electron chi connectivity index (χ1n) is 41.4. The third kappa shape index (κ3) is 26.4. The summed E-state index contributed by atoms with van der Waals surface area (Å²) >= 11 is 0. The molecule has 0 saturated carbocycles. The minimum Gasteiger partial charge on any atom is -0.495 e. The van der Waals surface area contributed by atoms with Crippen LogP contribution in [-0.2, 0) is 31.9 Å². The van der Waals surface area contributed by atoms with Crippen LogP contribution in [0.5, 0.6) is 5.75 Å². The van der Waals surface area contributed by atoms with Crippen molar-refractivity contribution in [2.24, 2.45) is 0 Å². The van der Waals surface area contributed by atoms with Gasteiger partial charge in [-0.25, -0.2) is 37.5 Å². The Kier molecular flexibility index (Phi) is 31.5. The number of alkyl halides is 2. The molecule has 0 aliphatic heterocycles. The van der Waals surface area contributed by atoms with Gasteiger partial charge in [0.25, 0.3) is 29.6 Å². The van der Waals surface area contributed by atoms with E-state index in [1.54, 1.807) is 155 Å². The van der Waals surface area contributed by atoms with Crippen molar-refractivity contribution in [2.75, 3.05) is 33.3 Å². The van der Waals surface area contributed by atoms with E-state index in [9.17, 15) is 28.0 Å². The lowest BCUT2D eigenvalue weighted by Gasteiger charge is -2.10. The topological polar surface area (TPSA) is 290 Å². The fourth-order valence-corrected chi connectivity index (χ4v) is 13.2. The molecule has 6 N–H and O–H groups in total. The van der Waals surface area contributed by atoms with Gasteiger partial charge >= 0.3 is 0 Å². The second-order valence-electron chi connectivity index (χ2n) is 29.4. The van der Waals surface area contributed by atoms with Crippen molar-refractivity contribution in [1.29, 1.82) is 0 Å². The molecule has 8 aromatic heterocycles. The number of benzene rings is 8. The first-order chi connectivity index (χ1) is 62.5. The number of aryl methyl sites for hydroxylation is 6. The standard InChI is InChI=1S/C26H23F2N5O.C25H23N5O2.2C25H23N5O/c1-26(27,28)23-6-2-5-20(17-23)7-8-21-18-22(9-10-24(21)33-15-4-12-31-33)25(34)30-11-3-14-32-16-13-29-19-32;1-32-24-8-3-2-7-20(24)9-10-21-16-22(11-12-23(21)30-15-5-14-29-30)25(31)26-13-4-6-19-17-27-28-18-19;1-20-5-2-6-21(17-20)7-8-22-18-23(9-10-24(22)30-15-4-12-28-30)25(31)27-11-3-14-29-16-13-26-19-29;1-19-5-2-6-20(15-19)8-9-22-16-23(10-11-24(22)30-14-4-13-29-30)25(31)26-12-3-7-21-17-27-28-18-21/h2,4-6,9-10,12-13,15-19H,3,11,14H2,1H3,(H,30,34);2-3,5,7-8,11-12,14-18H,4,6,13H2,1H3,(H,26,31)(H,27,28);2,4-6,9-10,12-13,15-19H,3,11,14H2,1H3,(H,27,31);2,4-6,10-11,13-18H,3,7,12H2,1H3,(H,26,31)(H,27,28). The van der Waals surface area contributed by atoms with Crippen LogP contribution in [0, 0.1) is 61.2 Å². The van der Waals surface area contributed by atoms with Crippen molar-refractivity contribution in [1.82, 2.24) is 99.9 Å².